The van der Waals surface area contributed by atoms with Crippen LogP contribution in [0.25, 0.3) is 0 Å². The van der Waals surface area contributed by atoms with Gasteiger partial charge in [0.25, 0.3) is 11.8 Å². The van der Waals surface area contributed by atoms with Crippen molar-refractivity contribution in [3.63, 3.8) is 0 Å². The molecule has 0 aromatic heterocycles. The molecule has 0 saturated heterocycles. The molecule has 0 heterocycles. The summed E-state index contributed by atoms with van der Waals surface area (Å²) in [5.74, 6) is 0.995. The second kappa shape index (κ2) is 12.8. The standard InChI is InChI=1S/C23H29N3O6/c1-5-30-19-12-17(13-20(31-6-2)22(19)32-7-3)23(28)24-15-21(27)26-25-14-16-9-8-10-18(11-16)29-4/h8-14H,5-7,15H2,1-4H3,(H,24,28)(H,26,27)/b25-14+. The summed E-state index contributed by atoms with van der Waals surface area (Å²) in [6, 6.07) is 10.3. The molecule has 0 unspecified atom stereocenters. The molecule has 0 atom stereocenters. The highest BCUT2D eigenvalue weighted by Gasteiger charge is 2.18. The van der Waals surface area contributed by atoms with Gasteiger partial charge in [-0.15, -0.1) is 0 Å². The van der Waals surface area contributed by atoms with Crippen LogP contribution in [0, 0.1) is 0 Å². The molecule has 0 saturated carbocycles. The number of carbonyl (C=O) groups is 2. The summed E-state index contributed by atoms with van der Waals surface area (Å²) in [6.45, 7) is 6.46. The maximum atomic E-state index is 12.6. The zero-order chi connectivity index (χ0) is 23.3. The average Bonchev–Trinajstić information content (AvgIpc) is 2.79. The number of carbonyl (C=O) groups excluding carboxylic acids is 2. The Morgan fingerprint density at radius 2 is 1.62 bits per heavy atom. The molecule has 0 fully saturated rings. The van der Waals surface area contributed by atoms with Crippen molar-refractivity contribution < 1.29 is 28.5 Å². The number of hydrogen-bond donors (Lipinski definition) is 2. The summed E-state index contributed by atoms with van der Waals surface area (Å²) in [4.78, 5) is 24.6. The predicted molar refractivity (Wildman–Crippen MR) is 121 cm³/mol. The van der Waals surface area contributed by atoms with Crippen molar-refractivity contribution in [3.8, 4) is 23.0 Å². The highest BCUT2D eigenvalue weighted by atomic mass is 16.5. The number of benzene rings is 2. The van der Waals surface area contributed by atoms with Crippen LogP contribution >= 0.6 is 0 Å². The highest BCUT2D eigenvalue weighted by molar-refractivity contribution is 5.97. The Morgan fingerprint density at radius 3 is 2.22 bits per heavy atom. The summed E-state index contributed by atoms with van der Waals surface area (Å²) >= 11 is 0. The number of hydrogen-bond acceptors (Lipinski definition) is 7. The molecule has 0 aliphatic rings. The van der Waals surface area contributed by atoms with Gasteiger partial charge in [-0.3, -0.25) is 9.59 Å². The lowest BCUT2D eigenvalue weighted by Crippen LogP contribution is -2.35. The van der Waals surface area contributed by atoms with Crippen LogP contribution in [-0.2, 0) is 4.79 Å². The van der Waals surface area contributed by atoms with Crippen molar-refractivity contribution in [3.05, 3.63) is 47.5 Å². The molecule has 172 valence electrons. The largest absolute Gasteiger partial charge is 0.497 e. The van der Waals surface area contributed by atoms with E-state index in [2.05, 4.69) is 15.8 Å². The SMILES string of the molecule is CCOc1cc(C(=O)NCC(=O)N/N=C/c2cccc(OC)c2)cc(OCC)c1OCC. The van der Waals surface area contributed by atoms with Crippen molar-refractivity contribution in [1.29, 1.82) is 0 Å². The molecule has 2 amide bonds. The first kappa shape index (κ1) is 24.5. The third-order valence-corrected chi connectivity index (χ3v) is 4.08. The summed E-state index contributed by atoms with van der Waals surface area (Å²) in [5, 5.41) is 6.45. The fourth-order valence-corrected chi connectivity index (χ4v) is 2.72. The molecule has 0 spiro atoms. The molecule has 32 heavy (non-hydrogen) atoms. The number of rotatable bonds is 12. The molecule has 0 aliphatic heterocycles. The van der Waals surface area contributed by atoms with E-state index in [1.165, 1.54) is 6.21 Å². The van der Waals surface area contributed by atoms with Crippen LogP contribution in [0.15, 0.2) is 41.5 Å². The first-order valence-corrected chi connectivity index (χ1v) is 10.3. The smallest absolute Gasteiger partial charge is 0.259 e. The Morgan fingerprint density at radius 1 is 0.969 bits per heavy atom. The summed E-state index contributed by atoms with van der Waals surface area (Å²) in [7, 11) is 1.57. The van der Waals surface area contributed by atoms with Crippen LogP contribution in [0.3, 0.4) is 0 Å². The lowest BCUT2D eigenvalue weighted by atomic mass is 10.1. The third kappa shape index (κ3) is 7.19. The minimum absolute atomic E-state index is 0.255. The van der Waals surface area contributed by atoms with Crippen LogP contribution in [0.4, 0.5) is 0 Å². The van der Waals surface area contributed by atoms with Crippen molar-refractivity contribution in [2.75, 3.05) is 33.5 Å². The normalized spacial score (nSPS) is 10.5. The Kier molecular flexibility index (Phi) is 9.83. The lowest BCUT2D eigenvalue weighted by Gasteiger charge is -2.17. The van der Waals surface area contributed by atoms with E-state index in [0.717, 1.165) is 5.56 Å². The number of nitrogens with one attached hydrogen (secondary N) is 2. The van der Waals surface area contributed by atoms with Gasteiger partial charge in [-0.2, -0.15) is 5.10 Å². The Hall–Kier alpha value is -3.75. The second-order valence-corrected chi connectivity index (χ2v) is 6.35. The molecule has 2 aromatic carbocycles. The van der Waals surface area contributed by atoms with Crippen LogP contribution in [-0.4, -0.2) is 51.5 Å². The van der Waals surface area contributed by atoms with Gasteiger partial charge in [0.05, 0.1) is 39.7 Å². The number of nitrogens with zero attached hydrogens (tertiary/aromatic N) is 1. The van der Waals surface area contributed by atoms with Gasteiger partial charge < -0.3 is 24.3 Å². The fraction of sp³-hybridized carbons (Fsp3) is 0.348. The fourth-order valence-electron chi connectivity index (χ4n) is 2.72. The van der Waals surface area contributed by atoms with E-state index in [1.54, 1.807) is 31.4 Å². The monoisotopic (exact) mass is 443 g/mol. The van der Waals surface area contributed by atoms with E-state index < -0.39 is 11.8 Å². The van der Waals surface area contributed by atoms with E-state index >= 15 is 0 Å². The van der Waals surface area contributed by atoms with E-state index in [0.29, 0.717) is 42.8 Å². The van der Waals surface area contributed by atoms with Gasteiger partial charge >= 0.3 is 0 Å². The van der Waals surface area contributed by atoms with Crippen LogP contribution in [0.5, 0.6) is 23.0 Å². The molecule has 2 rings (SSSR count). The molecule has 2 aromatic rings. The Bertz CT molecular complexity index is 918. The van der Waals surface area contributed by atoms with Gasteiger partial charge in [-0.05, 0) is 50.6 Å². The van der Waals surface area contributed by atoms with E-state index in [1.807, 2.05) is 32.9 Å². The van der Waals surface area contributed by atoms with Crippen molar-refractivity contribution in [2.24, 2.45) is 5.10 Å². The first-order valence-electron chi connectivity index (χ1n) is 10.3. The van der Waals surface area contributed by atoms with Crippen LogP contribution in [0.1, 0.15) is 36.7 Å². The van der Waals surface area contributed by atoms with Gasteiger partial charge in [-0.1, -0.05) is 12.1 Å². The molecule has 9 heteroatoms. The topological polar surface area (TPSA) is 107 Å². The second-order valence-electron chi connectivity index (χ2n) is 6.35. The maximum absolute atomic E-state index is 12.6. The van der Waals surface area contributed by atoms with Crippen LogP contribution in [0.2, 0.25) is 0 Å². The van der Waals surface area contributed by atoms with Crippen molar-refractivity contribution >= 4 is 18.0 Å². The zero-order valence-electron chi connectivity index (χ0n) is 18.8. The minimum Gasteiger partial charge on any atom is -0.497 e. The van der Waals surface area contributed by atoms with Crippen molar-refractivity contribution in [1.82, 2.24) is 10.7 Å². The molecular weight excluding hydrogens is 414 g/mol. The Balaban J connectivity index is 2.01. The number of hydrazone groups is 1. The minimum atomic E-state index is -0.474. The summed E-state index contributed by atoms with van der Waals surface area (Å²) in [5.41, 5.74) is 3.41. The molecule has 0 aliphatic carbocycles. The predicted octanol–water partition coefficient (Wildman–Crippen LogP) is 2.77. The van der Waals surface area contributed by atoms with Gasteiger partial charge in [0.1, 0.15) is 5.75 Å². The molecule has 0 bridgehead atoms. The zero-order valence-corrected chi connectivity index (χ0v) is 18.8. The van der Waals surface area contributed by atoms with E-state index in [9.17, 15) is 9.59 Å². The number of ether oxygens (including phenoxy) is 4. The lowest BCUT2D eigenvalue weighted by molar-refractivity contribution is -0.120. The molecular formula is C23H29N3O6. The van der Waals surface area contributed by atoms with Crippen molar-refractivity contribution in [2.45, 2.75) is 20.8 Å². The molecule has 2 N–H and O–H groups in total. The molecule has 0 radical (unpaired) electrons. The number of amides is 2. The summed E-state index contributed by atoms with van der Waals surface area (Å²) in [6.07, 6.45) is 1.48. The van der Waals surface area contributed by atoms with Gasteiger partial charge in [0.15, 0.2) is 11.5 Å². The van der Waals surface area contributed by atoms with E-state index in [-0.39, 0.29) is 12.1 Å². The quantitative estimate of drug-likeness (QED) is 0.386. The summed E-state index contributed by atoms with van der Waals surface area (Å²) < 4.78 is 22.0. The molecule has 9 nitrogen and oxygen atoms in total. The van der Waals surface area contributed by atoms with Gasteiger partial charge in [0.2, 0.25) is 5.75 Å². The van der Waals surface area contributed by atoms with E-state index in [4.69, 9.17) is 18.9 Å². The maximum Gasteiger partial charge on any atom is 0.259 e. The highest BCUT2D eigenvalue weighted by Crippen LogP contribution is 2.39. The van der Waals surface area contributed by atoms with Crippen LogP contribution < -0.4 is 29.7 Å². The van der Waals surface area contributed by atoms with Gasteiger partial charge in [0, 0.05) is 5.56 Å². The average molecular weight is 444 g/mol. The number of methoxy groups -OCH3 is 1. The third-order valence-electron chi connectivity index (χ3n) is 4.08. The van der Waals surface area contributed by atoms with Gasteiger partial charge in [-0.25, -0.2) is 5.43 Å². The first-order chi connectivity index (χ1) is 15.5. The Labute approximate surface area is 187 Å².